The molecule has 20 heavy (non-hydrogen) atoms. The Morgan fingerprint density at radius 2 is 2.00 bits per heavy atom. The molecule has 0 saturated carbocycles. The predicted octanol–water partition coefficient (Wildman–Crippen LogP) is 2.71. The van der Waals surface area contributed by atoms with Crippen LogP contribution in [-0.2, 0) is 17.6 Å². The molecule has 4 nitrogen and oxygen atoms in total. The summed E-state index contributed by atoms with van der Waals surface area (Å²) in [6, 6.07) is 1.35. The van der Waals surface area contributed by atoms with Gasteiger partial charge in [0.2, 0.25) is 0 Å². The molecular formula is C15H19NO3S. The van der Waals surface area contributed by atoms with Gasteiger partial charge in [-0.25, -0.2) is 4.79 Å². The van der Waals surface area contributed by atoms with Gasteiger partial charge in [0.1, 0.15) is 6.04 Å². The van der Waals surface area contributed by atoms with Crippen molar-refractivity contribution in [3.63, 3.8) is 0 Å². The molecule has 108 valence electrons. The smallest absolute Gasteiger partial charge is 0.326 e. The van der Waals surface area contributed by atoms with Crippen molar-refractivity contribution in [3.05, 3.63) is 21.4 Å². The number of thiophene rings is 1. The topological polar surface area (TPSA) is 57.6 Å². The average Bonchev–Trinajstić information content (AvgIpc) is 2.90. The Morgan fingerprint density at radius 3 is 2.75 bits per heavy atom. The van der Waals surface area contributed by atoms with Crippen LogP contribution in [0.3, 0.4) is 0 Å². The molecule has 1 fully saturated rings. The maximum Gasteiger partial charge on any atom is 0.326 e. The highest BCUT2D eigenvalue weighted by atomic mass is 32.1. The normalized spacial score (nSPS) is 22.4. The van der Waals surface area contributed by atoms with E-state index in [1.54, 1.807) is 16.2 Å². The summed E-state index contributed by atoms with van der Waals surface area (Å²) >= 11 is 1.57. The number of nitrogens with zero attached hydrogens (tertiary/aromatic N) is 1. The lowest BCUT2D eigenvalue weighted by atomic mass is 9.99. The molecule has 5 heteroatoms. The lowest BCUT2D eigenvalue weighted by Gasteiger charge is -2.32. The fourth-order valence-corrected chi connectivity index (χ4v) is 4.38. The van der Waals surface area contributed by atoms with Gasteiger partial charge in [-0.15, -0.1) is 11.3 Å². The minimum absolute atomic E-state index is 0.0866. The summed E-state index contributed by atoms with van der Waals surface area (Å²) in [4.78, 5) is 27.5. The van der Waals surface area contributed by atoms with Gasteiger partial charge in [-0.1, -0.05) is 0 Å². The molecule has 0 aromatic carbocycles. The van der Waals surface area contributed by atoms with Crippen molar-refractivity contribution >= 4 is 23.2 Å². The number of carboxylic acid groups (broad SMARTS) is 1. The SMILES string of the molecule is O=C(O)[C@H]1CCCCN1C(=O)c1cc2c(s1)CCCC2. The maximum atomic E-state index is 12.6. The monoisotopic (exact) mass is 293 g/mol. The molecule has 2 heterocycles. The van der Waals surface area contributed by atoms with Gasteiger partial charge >= 0.3 is 5.97 Å². The van der Waals surface area contributed by atoms with Crippen LogP contribution >= 0.6 is 11.3 Å². The van der Waals surface area contributed by atoms with Crippen LogP contribution in [0.25, 0.3) is 0 Å². The van der Waals surface area contributed by atoms with Gasteiger partial charge < -0.3 is 10.0 Å². The molecule has 1 N–H and O–H groups in total. The lowest BCUT2D eigenvalue weighted by Crippen LogP contribution is -2.47. The van der Waals surface area contributed by atoms with Crippen molar-refractivity contribution < 1.29 is 14.7 Å². The zero-order valence-electron chi connectivity index (χ0n) is 11.4. The van der Waals surface area contributed by atoms with Gasteiger partial charge in [0.05, 0.1) is 4.88 Å². The van der Waals surface area contributed by atoms with Crippen molar-refractivity contribution in [2.75, 3.05) is 6.54 Å². The summed E-state index contributed by atoms with van der Waals surface area (Å²) in [5.41, 5.74) is 1.30. The van der Waals surface area contributed by atoms with E-state index in [-0.39, 0.29) is 5.91 Å². The van der Waals surface area contributed by atoms with Gasteiger partial charge in [-0.2, -0.15) is 0 Å². The predicted molar refractivity (Wildman–Crippen MR) is 77.3 cm³/mol. The Labute approximate surface area is 122 Å². The molecule has 1 amide bonds. The number of amides is 1. The number of fused-ring (bicyclic) bond motifs is 1. The molecule has 0 unspecified atom stereocenters. The molecule has 1 aliphatic carbocycles. The van der Waals surface area contributed by atoms with Gasteiger partial charge in [-0.05, 0) is 56.6 Å². The van der Waals surface area contributed by atoms with Crippen LogP contribution in [0.4, 0.5) is 0 Å². The van der Waals surface area contributed by atoms with Crippen molar-refractivity contribution in [2.45, 2.75) is 51.0 Å². The van der Waals surface area contributed by atoms with Crippen LogP contribution in [0.2, 0.25) is 0 Å². The van der Waals surface area contributed by atoms with Crippen LogP contribution in [0.15, 0.2) is 6.07 Å². The van der Waals surface area contributed by atoms with E-state index in [9.17, 15) is 14.7 Å². The van der Waals surface area contributed by atoms with E-state index < -0.39 is 12.0 Å². The molecule has 3 rings (SSSR count). The summed E-state index contributed by atoms with van der Waals surface area (Å²) in [5, 5.41) is 9.28. The molecule has 2 aliphatic rings. The second-order valence-electron chi connectivity index (χ2n) is 5.61. The molecule has 1 aromatic rings. The number of piperidine rings is 1. The molecule has 1 aliphatic heterocycles. The average molecular weight is 293 g/mol. The third kappa shape index (κ3) is 2.46. The lowest BCUT2D eigenvalue weighted by molar-refractivity contribution is -0.143. The zero-order chi connectivity index (χ0) is 14.1. The van der Waals surface area contributed by atoms with E-state index in [4.69, 9.17) is 0 Å². The minimum Gasteiger partial charge on any atom is -0.480 e. The van der Waals surface area contributed by atoms with Crippen LogP contribution in [0.5, 0.6) is 0 Å². The zero-order valence-corrected chi connectivity index (χ0v) is 12.2. The highest BCUT2D eigenvalue weighted by Gasteiger charge is 2.33. The summed E-state index contributed by atoms with van der Waals surface area (Å²) in [6.45, 7) is 0.568. The van der Waals surface area contributed by atoms with Crippen molar-refractivity contribution in [1.82, 2.24) is 4.90 Å². The largest absolute Gasteiger partial charge is 0.480 e. The van der Waals surface area contributed by atoms with Crippen LogP contribution in [0.1, 0.15) is 52.2 Å². The van der Waals surface area contributed by atoms with Crippen molar-refractivity contribution in [1.29, 1.82) is 0 Å². The fourth-order valence-electron chi connectivity index (χ4n) is 3.17. The molecular weight excluding hydrogens is 274 g/mol. The fraction of sp³-hybridized carbons (Fsp3) is 0.600. The molecule has 1 saturated heterocycles. The molecule has 0 spiro atoms. The Bertz CT molecular complexity index is 514. The molecule has 0 bridgehead atoms. The van der Waals surface area contributed by atoms with Gasteiger partial charge in [0.25, 0.3) is 5.91 Å². The highest BCUT2D eigenvalue weighted by molar-refractivity contribution is 7.14. The van der Waals surface area contributed by atoms with E-state index in [0.717, 1.165) is 30.6 Å². The maximum absolute atomic E-state index is 12.6. The number of carbonyl (C=O) groups is 2. The van der Waals surface area contributed by atoms with E-state index in [2.05, 4.69) is 0 Å². The van der Waals surface area contributed by atoms with Crippen LogP contribution in [-0.4, -0.2) is 34.5 Å². The third-order valence-electron chi connectivity index (χ3n) is 4.26. The summed E-state index contributed by atoms with van der Waals surface area (Å²) < 4.78 is 0. The number of carbonyl (C=O) groups excluding carboxylic acids is 1. The number of likely N-dealkylation sites (tertiary alicyclic amines) is 1. The Balaban J connectivity index is 1.83. The molecule has 0 radical (unpaired) electrons. The number of hydrogen-bond acceptors (Lipinski definition) is 3. The second-order valence-corrected chi connectivity index (χ2v) is 6.75. The summed E-state index contributed by atoms with van der Waals surface area (Å²) in [7, 11) is 0. The van der Waals surface area contributed by atoms with Gasteiger partial charge in [-0.3, -0.25) is 4.79 Å². The number of aliphatic carboxylic acids is 1. The second kappa shape index (κ2) is 5.56. The third-order valence-corrected chi connectivity index (χ3v) is 5.48. The highest BCUT2D eigenvalue weighted by Crippen LogP contribution is 2.31. The summed E-state index contributed by atoms with van der Waals surface area (Å²) in [5.74, 6) is -0.962. The van der Waals surface area contributed by atoms with E-state index in [1.807, 2.05) is 6.07 Å². The van der Waals surface area contributed by atoms with Crippen LogP contribution in [0, 0.1) is 0 Å². The first-order chi connectivity index (χ1) is 9.66. The number of aryl methyl sites for hydroxylation is 2. The quantitative estimate of drug-likeness (QED) is 0.912. The number of hydrogen-bond donors (Lipinski definition) is 1. The van der Waals surface area contributed by atoms with Crippen LogP contribution < -0.4 is 0 Å². The first kappa shape index (κ1) is 13.6. The first-order valence-corrected chi connectivity index (χ1v) is 8.14. The first-order valence-electron chi connectivity index (χ1n) is 7.32. The van der Waals surface area contributed by atoms with Crippen molar-refractivity contribution in [2.24, 2.45) is 0 Å². The number of carboxylic acids is 1. The summed E-state index contributed by atoms with van der Waals surface area (Å²) in [6.07, 6.45) is 6.88. The molecule has 1 atom stereocenters. The van der Waals surface area contributed by atoms with E-state index in [0.29, 0.717) is 13.0 Å². The Kier molecular flexibility index (Phi) is 3.78. The Hall–Kier alpha value is -1.36. The van der Waals surface area contributed by atoms with Gasteiger partial charge in [0, 0.05) is 11.4 Å². The van der Waals surface area contributed by atoms with Crippen molar-refractivity contribution in [3.8, 4) is 0 Å². The Morgan fingerprint density at radius 1 is 1.20 bits per heavy atom. The molecule has 1 aromatic heterocycles. The van der Waals surface area contributed by atoms with Gasteiger partial charge in [0.15, 0.2) is 0 Å². The minimum atomic E-state index is -0.876. The van der Waals surface area contributed by atoms with E-state index >= 15 is 0 Å². The van der Waals surface area contributed by atoms with E-state index in [1.165, 1.54) is 23.3 Å². The number of rotatable bonds is 2. The standard InChI is InChI=1S/C15H19NO3S/c17-14(16-8-4-3-6-11(16)15(18)19)13-9-10-5-1-2-7-12(10)20-13/h9,11H,1-8H2,(H,18,19)/t11-/m1/s1.